The summed E-state index contributed by atoms with van der Waals surface area (Å²) in [5.74, 6) is -0.866. The number of halogens is 1. The van der Waals surface area contributed by atoms with Crippen molar-refractivity contribution in [3.63, 3.8) is 0 Å². The van der Waals surface area contributed by atoms with Crippen LogP contribution in [0.5, 0.6) is 5.75 Å². The number of hydrogen-bond donors (Lipinski definition) is 3. The van der Waals surface area contributed by atoms with Gasteiger partial charge in [0.05, 0.1) is 11.0 Å². The number of aromatic amines is 1. The van der Waals surface area contributed by atoms with Crippen molar-refractivity contribution >= 4 is 22.8 Å². The average molecular weight is 370 g/mol. The molecule has 2 aromatic carbocycles. The maximum atomic E-state index is 13.5. The number of aromatic nitrogens is 2. The highest BCUT2D eigenvalue weighted by atomic mass is 19.1. The standard InChI is InChI=1S/C19H19FN4O3/c1-12(27-16-9-5-2-6-13(16)20)19(26)24-23-18(25)11-10-17-21-14-7-3-4-8-15(14)22-17/h2-9,12H,10-11H2,1H3,(H,21,22)(H,23,25)(H,24,26). The zero-order valence-electron chi connectivity index (χ0n) is 14.7. The van der Waals surface area contributed by atoms with Crippen molar-refractivity contribution in [2.24, 2.45) is 0 Å². The third-order valence-electron chi connectivity index (χ3n) is 3.86. The minimum absolute atomic E-state index is 0.0311. The van der Waals surface area contributed by atoms with Gasteiger partial charge in [0.25, 0.3) is 5.91 Å². The van der Waals surface area contributed by atoms with Crippen molar-refractivity contribution in [3.8, 4) is 5.75 Å². The number of hydrazine groups is 1. The Labute approximate surface area is 154 Å². The lowest BCUT2D eigenvalue weighted by atomic mass is 10.3. The number of aryl methyl sites for hydroxylation is 1. The van der Waals surface area contributed by atoms with Gasteiger partial charge in [0, 0.05) is 12.8 Å². The molecule has 7 nitrogen and oxygen atoms in total. The van der Waals surface area contributed by atoms with E-state index in [2.05, 4.69) is 20.8 Å². The van der Waals surface area contributed by atoms with Crippen LogP contribution in [0.4, 0.5) is 4.39 Å². The summed E-state index contributed by atoms with van der Waals surface area (Å²) >= 11 is 0. The zero-order chi connectivity index (χ0) is 19.2. The zero-order valence-corrected chi connectivity index (χ0v) is 14.7. The Morgan fingerprint density at radius 3 is 2.67 bits per heavy atom. The van der Waals surface area contributed by atoms with E-state index in [0.717, 1.165) is 11.0 Å². The van der Waals surface area contributed by atoms with Gasteiger partial charge in [-0.25, -0.2) is 9.37 Å². The molecule has 1 atom stereocenters. The third kappa shape index (κ3) is 4.81. The molecule has 0 saturated carbocycles. The van der Waals surface area contributed by atoms with Crippen LogP contribution >= 0.6 is 0 Å². The number of fused-ring (bicyclic) bond motifs is 1. The Kier molecular flexibility index (Phi) is 5.65. The number of benzene rings is 2. The number of carbonyl (C=O) groups is 2. The number of nitrogens with one attached hydrogen (secondary N) is 3. The fourth-order valence-corrected chi connectivity index (χ4v) is 2.44. The molecule has 0 aliphatic heterocycles. The van der Waals surface area contributed by atoms with Crippen LogP contribution < -0.4 is 15.6 Å². The molecule has 0 bridgehead atoms. The highest BCUT2D eigenvalue weighted by Crippen LogP contribution is 2.17. The van der Waals surface area contributed by atoms with Gasteiger partial charge in [0.2, 0.25) is 5.91 Å². The van der Waals surface area contributed by atoms with Crippen molar-refractivity contribution in [2.75, 3.05) is 0 Å². The molecular weight excluding hydrogens is 351 g/mol. The quantitative estimate of drug-likeness (QED) is 0.580. The van der Waals surface area contributed by atoms with E-state index in [1.54, 1.807) is 6.07 Å². The van der Waals surface area contributed by atoms with Crippen LogP contribution in [0.25, 0.3) is 11.0 Å². The summed E-state index contributed by atoms with van der Waals surface area (Å²) in [7, 11) is 0. The Bertz CT molecular complexity index is 924. The highest BCUT2D eigenvalue weighted by molar-refractivity contribution is 5.84. The first-order chi connectivity index (χ1) is 13.0. The Morgan fingerprint density at radius 2 is 1.89 bits per heavy atom. The maximum absolute atomic E-state index is 13.5. The summed E-state index contributed by atoms with van der Waals surface area (Å²) in [6, 6.07) is 13.4. The number of ether oxygens (including phenoxy) is 1. The van der Waals surface area contributed by atoms with Crippen LogP contribution in [0.15, 0.2) is 48.5 Å². The van der Waals surface area contributed by atoms with E-state index in [0.29, 0.717) is 12.2 Å². The van der Waals surface area contributed by atoms with Gasteiger partial charge in [0.15, 0.2) is 17.7 Å². The van der Waals surface area contributed by atoms with Crippen LogP contribution in [0, 0.1) is 5.82 Å². The fourth-order valence-electron chi connectivity index (χ4n) is 2.44. The molecular formula is C19H19FN4O3. The minimum Gasteiger partial charge on any atom is -0.478 e. The van der Waals surface area contributed by atoms with Gasteiger partial charge >= 0.3 is 0 Å². The Balaban J connectivity index is 1.44. The van der Waals surface area contributed by atoms with Gasteiger partial charge in [0.1, 0.15) is 5.82 Å². The lowest BCUT2D eigenvalue weighted by Crippen LogP contribution is -2.47. The van der Waals surface area contributed by atoms with Crippen molar-refractivity contribution in [1.82, 2.24) is 20.8 Å². The largest absolute Gasteiger partial charge is 0.478 e. The number of rotatable bonds is 6. The first kappa shape index (κ1) is 18.4. The summed E-state index contributed by atoms with van der Waals surface area (Å²) in [6.07, 6.45) is -0.432. The number of carbonyl (C=O) groups excluding carboxylic acids is 2. The van der Waals surface area contributed by atoms with E-state index in [9.17, 15) is 14.0 Å². The van der Waals surface area contributed by atoms with E-state index in [-0.39, 0.29) is 18.1 Å². The normalized spacial score (nSPS) is 11.8. The van der Waals surface area contributed by atoms with Crippen molar-refractivity contribution in [1.29, 1.82) is 0 Å². The first-order valence-electron chi connectivity index (χ1n) is 8.46. The van der Waals surface area contributed by atoms with E-state index >= 15 is 0 Å². The van der Waals surface area contributed by atoms with E-state index in [4.69, 9.17) is 4.74 Å². The van der Waals surface area contributed by atoms with Gasteiger partial charge in [-0.2, -0.15) is 0 Å². The fraction of sp³-hybridized carbons (Fsp3) is 0.211. The second kappa shape index (κ2) is 8.31. The average Bonchev–Trinajstić information content (AvgIpc) is 3.09. The molecule has 27 heavy (non-hydrogen) atoms. The maximum Gasteiger partial charge on any atom is 0.279 e. The Morgan fingerprint density at radius 1 is 1.15 bits per heavy atom. The third-order valence-corrected chi connectivity index (χ3v) is 3.86. The van der Waals surface area contributed by atoms with Crippen molar-refractivity contribution < 1.29 is 18.7 Å². The Hall–Kier alpha value is -3.42. The van der Waals surface area contributed by atoms with Crippen LogP contribution in [0.1, 0.15) is 19.2 Å². The predicted octanol–water partition coefficient (Wildman–Crippen LogP) is 2.25. The van der Waals surface area contributed by atoms with Crippen molar-refractivity contribution in [3.05, 3.63) is 60.2 Å². The van der Waals surface area contributed by atoms with Gasteiger partial charge in [-0.1, -0.05) is 24.3 Å². The molecule has 3 N–H and O–H groups in total. The van der Waals surface area contributed by atoms with E-state index < -0.39 is 17.8 Å². The van der Waals surface area contributed by atoms with Gasteiger partial charge < -0.3 is 9.72 Å². The summed E-state index contributed by atoms with van der Waals surface area (Å²) < 4.78 is 18.8. The summed E-state index contributed by atoms with van der Waals surface area (Å²) in [4.78, 5) is 31.4. The molecule has 8 heteroatoms. The lowest BCUT2D eigenvalue weighted by molar-refractivity contribution is -0.132. The second-order valence-corrected chi connectivity index (χ2v) is 5.93. The molecule has 0 aliphatic rings. The van der Waals surface area contributed by atoms with E-state index in [1.165, 1.54) is 25.1 Å². The molecule has 1 heterocycles. The van der Waals surface area contributed by atoms with Crippen LogP contribution in [0.3, 0.4) is 0 Å². The number of hydrogen-bond acceptors (Lipinski definition) is 4. The number of para-hydroxylation sites is 3. The predicted molar refractivity (Wildman–Crippen MR) is 97.2 cm³/mol. The summed E-state index contributed by atoms with van der Waals surface area (Å²) in [5, 5.41) is 0. The van der Waals surface area contributed by atoms with Gasteiger partial charge in [-0.3, -0.25) is 20.4 Å². The molecule has 0 fully saturated rings. The number of amides is 2. The smallest absolute Gasteiger partial charge is 0.279 e. The first-order valence-corrected chi connectivity index (χ1v) is 8.46. The van der Waals surface area contributed by atoms with E-state index in [1.807, 2.05) is 24.3 Å². The minimum atomic E-state index is -0.974. The number of H-pyrrole nitrogens is 1. The molecule has 3 rings (SSSR count). The molecule has 0 aliphatic carbocycles. The molecule has 1 unspecified atom stereocenters. The topological polar surface area (TPSA) is 96.1 Å². The molecule has 140 valence electrons. The summed E-state index contributed by atoms with van der Waals surface area (Å²) in [6.45, 7) is 1.46. The molecule has 0 spiro atoms. The van der Waals surface area contributed by atoms with Crippen LogP contribution in [-0.4, -0.2) is 27.9 Å². The van der Waals surface area contributed by atoms with Crippen LogP contribution in [-0.2, 0) is 16.0 Å². The molecule has 1 aromatic heterocycles. The van der Waals surface area contributed by atoms with Crippen LogP contribution in [0.2, 0.25) is 0 Å². The second-order valence-electron chi connectivity index (χ2n) is 5.93. The molecule has 3 aromatic rings. The summed E-state index contributed by atoms with van der Waals surface area (Å²) in [5.41, 5.74) is 6.32. The highest BCUT2D eigenvalue weighted by Gasteiger charge is 2.17. The number of nitrogens with zero attached hydrogens (tertiary/aromatic N) is 1. The van der Waals surface area contributed by atoms with Gasteiger partial charge in [-0.05, 0) is 31.2 Å². The van der Waals surface area contributed by atoms with Crippen molar-refractivity contribution in [2.45, 2.75) is 25.9 Å². The molecule has 2 amide bonds. The number of imidazole rings is 1. The SMILES string of the molecule is CC(Oc1ccccc1F)C(=O)NNC(=O)CCc1nc2ccccc2[nH]1. The molecule has 0 radical (unpaired) electrons. The lowest BCUT2D eigenvalue weighted by Gasteiger charge is -2.15. The van der Waals surface area contributed by atoms with Gasteiger partial charge in [-0.15, -0.1) is 0 Å². The molecule has 0 saturated heterocycles. The monoisotopic (exact) mass is 370 g/mol.